The van der Waals surface area contributed by atoms with Crippen molar-refractivity contribution >= 4 is 27.4 Å². The van der Waals surface area contributed by atoms with Crippen molar-refractivity contribution in [3.8, 4) is 0 Å². The lowest BCUT2D eigenvalue weighted by Crippen LogP contribution is -2.43. The zero-order chi connectivity index (χ0) is 21.8. The van der Waals surface area contributed by atoms with Crippen molar-refractivity contribution in [3.63, 3.8) is 0 Å². The third-order valence-electron chi connectivity index (χ3n) is 8.09. The molecule has 0 spiro atoms. The van der Waals surface area contributed by atoms with Crippen LogP contribution in [0.2, 0.25) is 0 Å². The van der Waals surface area contributed by atoms with Gasteiger partial charge in [-0.15, -0.1) is 0 Å². The number of ketones is 2. The van der Waals surface area contributed by atoms with Crippen molar-refractivity contribution in [1.82, 2.24) is 0 Å². The zero-order valence-electron chi connectivity index (χ0n) is 20.2. The third kappa shape index (κ3) is 5.00. The molecule has 3 fully saturated rings. The number of hydrogen-bond acceptors (Lipinski definition) is 2. The van der Waals surface area contributed by atoms with Gasteiger partial charge in [0.2, 0.25) is 0 Å². The first-order valence-corrected chi connectivity index (χ1v) is 14.8. The van der Waals surface area contributed by atoms with Crippen LogP contribution in [0.3, 0.4) is 0 Å². The van der Waals surface area contributed by atoms with Gasteiger partial charge in [0.1, 0.15) is 11.6 Å². The Hall–Kier alpha value is 0.200. The Kier molecular flexibility index (Phi) is 6.55. The molecule has 0 aromatic carbocycles. The second-order valence-electron chi connectivity index (χ2n) is 12.7. The minimum Gasteiger partial charge on any atom is -0.300 e. The molecule has 166 valence electrons. The predicted octanol–water partition coefficient (Wildman–Crippen LogP) is 7.21. The molecule has 1 unspecified atom stereocenters. The second-order valence-corrected chi connectivity index (χ2v) is 20.0. The Morgan fingerprint density at radius 1 is 0.621 bits per heavy atom. The van der Waals surface area contributed by atoms with Crippen LogP contribution in [0, 0.1) is 11.8 Å². The quantitative estimate of drug-likeness (QED) is 0.435. The minimum absolute atomic E-state index is 0.168. The normalized spacial score (nSPS) is 34.5. The molecular formula is C25H44O2P2. The zero-order valence-corrected chi connectivity index (χ0v) is 22.0. The van der Waals surface area contributed by atoms with Crippen molar-refractivity contribution in [1.29, 1.82) is 0 Å². The highest BCUT2D eigenvalue weighted by Gasteiger charge is 2.50. The number of Topliss-reactive ketones (excluding diaryl/α,β-unsaturated/α-hetero) is 2. The summed E-state index contributed by atoms with van der Waals surface area (Å²) in [6.07, 6.45) is 10.00. The van der Waals surface area contributed by atoms with Crippen LogP contribution in [0.25, 0.3) is 0 Å². The molecule has 0 aromatic heterocycles. The molecule has 4 heteroatoms. The fourth-order valence-electron chi connectivity index (χ4n) is 7.13. The fraction of sp³-hybridized carbons (Fsp3) is 0.920. The molecule has 29 heavy (non-hydrogen) atoms. The number of carbonyl (C=O) groups excluding carboxylic acids is 2. The van der Waals surface area contributed by atoms with Crippen molar-refractivity contribution < 1.29 is 9.59 Å². The van der Waals surface area contributed by atoms with Gasteiger partial charge in [0.05, 0.1) is 0 Å². The summed E-state index contributed by atoms with van der Waals surface area (Å²) in [5, 5.41) is 0.732. The van der Waals surface area contributed by atoms with E-state index < -0.39 is 0 Å². The standard InChI is InChI=1S/C25H44O2P2/c1-22(2)12-20(26)13-23(3,4)28(22)16-18-10-9-11-19(18)17-29-24(5,6)14-21(27)15-25(29,7)8/h18-19H,9-17H2,1-8H3/t18-,19?/m1/s1. The average molecular weight is 439 g/mol. The molecule has 2 aliphatic heterocycles. The molecule has 2 nitrogen and oxygen atoms in total. The Labute approximate surface area is 182 Å². The van der Waals surface area contributed by atoms with Crippen molar-refractivity contribution in [2.45, 2.75) is 121 Å². The summed E-state index contributed by atoms with van der Waals surface area (Å²) in [6, 6.07) is 0. The number of rotatable bonds is 4. The van der Waals surface area contributed by atoms with E-state index in [2.05, 4.69) is 55.4 Å². The van der Waals surface area contributed by atoms with Gasteiger partial charge in [-0.3, -0.25) is 9.59 Å². The summed E-state index contributed by atoms with van der Waals surface area (Å²) in [7, 11) is -0.337. The highest BCUT2D eigenvalue weighted by atomic mass is 31.1. The topological polar surface area (TPSA) is 34.1 Å². The third-order valence-corrected chi connectivity index (χ3v) is 16.2. The summed E-state index contributed by atoms with van der Waals surface area (Å²) in [5.74, 6) is 2.61. The van der Waals surface area contributed by atoms with Gasteiger partial charge >= 0.3 is 0 Å². The van der Waals surface area contributed by atoms with Gasteiger partial charge in [0.15, 0.2) is 0 Å². The Bertz CT molecular complexity index is 566. The molecule has 0 bridgehead atoms. The summed E-state index contributed by atoms with van der Waals surface area (Å²) >= 11 is 0. The lowest BCUT2D eigenvalue weighted by Gasteiger charge is -2.52. The van der Waals surface area contributed by atoms with E-state index in [-0.39, 0.29) is 36.5 Å². The molecule has 1 saturated carbocycles. The summed E-state index contributed by atoms with van der Waals surface area (Å²) in [4.78, 5) is 24.7. The molecule has 0 radical (unpaired) electrons. The van der Waals surface area contributed by atoms with E-state index >= 15 is 0 Å². The van der Waals surface area contributed by atoms with E-state index in [0.717, 1.165) is 37.5 Å². The fourth-order valence-corrected chi connectivity index (χ4v) is 15.8. The van der Waals surface area contributed by atoms with Crippen molar-refractivity contribution in [2.75, 3.05) is 12.3 Å². The van der Waals surface area contributed by atoms with E-state index in [1.54, 1.807) is 0 Å². The van der Waals surface area contributed by atoms with Gasteiger partial charge in [0.25, 0.3) is 0 Å². The smallest absolute Gasteiger partial charge is 0.134 e. The van der Waals surface area contributed by atoms with E-state index in [1.807, 2.05) is 0 Å². The maximum absolute atomic E-state index is 12.4. The maximum atomic E-state index is 12.4. The molecule has 3 aliphatic rings. The molecule has 1 aliphatic carbocycles. The highest BCUT2D eigenvalue weighted by Crippen LogP contribution is 2.69. The summed E-state index contributed by atoms with van der Waals surface area (Å²) < 4.78 is 0. The first-order chi connectivity index (χ1) is 13.1. The van der Waals surface area contributed by atoms with Gasteiger partial charge in [-0.05, 0) is 57.6 Å². The SMILES string of the molecule is CC1(C)CC(=O)CC(C)(C)P1CC1CCC[C@@H]1CP1C(C)(C)CC(=O)CC1(C)C. The number of hydrogen-bond donors (Lipinski definition) is 0. The lowest BCUT2D eigenvalue weighted by molar-refractivity contribution is -0.121. The van der Waals surface area contributed by atoms with Gasteiger partial charge in [-0.2, -0.15) is 0 Å². The first-order valence-electron chi connectivity index (χ1n) is 11.7. The lowest BCUT2D eigenvalue weighted by atomic mass is 9.96. The Morgan fingerprint density at radius 3 is 1.17 bits per heavy atom. The van der Waals surface area contributed by atoms with Crippen LogP contribution in [-0.2, 0) is 9.59 Å². The maximum Gasteiger partial charge on any atom is 0.134 e. The van der Waals surface area contributed by atoms with Gasteiger partial charge in [0, 0.05) is 25.7 Å². The van der Waals surface area contributed by atoms with Crippen LogP contribution in [-0.4, -0.2) is 44.5 Å². The summed E-state index contributed by atoms with van der Waals surface area (Å²) in [5.41, 5.74) is 0. The van der Waals surface area contributed by atoms with E-state index in [9.17, 15) is 9.59 Å². The predicted molar refractivity (Wildman–Crippen MR) is 129 cm³/mol. The van der Waals surface area contributed by atoms with Crippen LogP contribution in [0.5, 0.6) is 0 Å². The molecule has 0 amide bonds. The largest absolute Gasteiger partial charge is 0.300 e. The van der Waals surface area contributed by atoms with Crippen LogP contribution in [0.4, 0.5) is 0 Å². The average Bonchev–Trinajstić information content (AvgIpc) is 2.91. The van der Waals surface area contributed by atoms with Crippen LogP contribution < -0.4 is 0 Å². The molecule has 0 N–H and O–H groups in total. The van der Waals surface area contributed by atoms with Crippen LogP contribution in [0.15, 0.2) is 0 Å². The number of carbonyl (C=O) groups is 2. The van der Waals surface area contributed by atoms with Crippen LogP contribution >= 0.6 is 15.8 Å². The van der Waals surface area contributed by atoms with Gasteiger partial charge < -0.3 is 0 Å². The molecule has 0 aromatic rings. The first kappa shape index (κ1) is 23.9. The monoisotopic (exact) mass is 438 g/mol. The molecular weight excluding hydrogens is 394 g/mol. The molecule has 2 atom stereocenters. The van der Waals surface area contributed by atoms with Crippen molar-refractivity contribution in [2.24, 2.45) is 11.8 Å². The van der Waals surface area contributed by atoms with Crippen molar-refractivity contribution in [3.05, 3.63) is 0 Å². The van der Waals surface area contributed by atoms with E-state index in [0.29, 0.717) is 11.6 Å². The Balaban J connectivity index is 1.76. The minimum atomic E-state index is -0.168. The van der Waals surface area contributed by atoms with E-state index in [1.165, 1.54) is 31.6 Å². The van der Waals surface area contributed by atoms with Crippen LogP contribution in [0.1, 0.15) is 100 Å². The second kappa shape index (κ2) is 7.96. The molecule has 2 heterocycles. The molecule has 3 rings (SSSR count). The molecule has 2 saturated heterocycles. The van der Waals surface area contributed by atoms with E-state index in [4.69, 9.17) is 0 Å². The van der Waals surface area contributed by atoms with Gasteiger partial charge in [-0.1, -0.05) is 77.7 Å². The van der Waals surface area contributed by atoms with Gasteiger partial charge in [-0.25, -0.2) is 0 Å². The Morgan fingerprint density at radius 2 is 0.897 bits per heavy atom. The highest BCUT2D eigenvalue weighted by molar-refractivity contribution is 7.61. The summed E-state index contributed by atoms with van der Waals surface area (Å²) in [6.45, 7) is 18.9.